The number of nitrogen functional groups attached to an aromatic ring is 1. The minimum atomic E-state index is -0.440. The monoisotopic (exact) mass is 305 g/mol. The smallest absolute Gasteiger partial charge is 0.337 e. The number of rotatable bonds is 4. The molecule has 0 aromatic heterocycles. The third-order valence-corrected chi connectivity index (χ3v) is 3.43. The van der Waals surface area contributed by atoms with Gasteiger partial charge in [0.15, 0.2) is 5.75 Å². The number of benzene rings is 2. The molecule has 0 aliphatic rings. The van der Waals surface area contributed by atoms with Crippen LogP contribution in [0.25, 0.3) is 0 Å². The van der Waals surface area contributed by atoms with Gasteiger partial charge in [0.05, 0.1) is 18.4 Å². The van der Waals surface area contributed by atoms with E-state index < -0.39 is 5.97 Å². The van der Waals surface area contributed by atoms with Gasteiger partial charge in [-0.15, -0.1) is 0 Å². The molecule has 0 radical (unpaired) electrons. The molecule has 0 saturated heterocycles. The third kappa shape index (κ3) is 3.47. The minimum Gasteiger partial charge on any atom is -0.465 e. The molecule has 2 N–H and O–H groups in total. The zero-order valence-corrected chi connectivity index (χ0v) is 12.6. The Morgan fingerprint density at radius 2 is 2.00 bits per heavy atom. The van der Waals surface area contributed by atoms with Crippen molar-refractivity contribution in [2.75, 3.05) is 12.8 Å². The number of hydrogen-bond donors (Lipinski definition) is 1. The number of esters is 1. The van der Waals surface area contributed by atoms with Crippen LogP contribution in [-0.4, -0.2) is 13.1 Å². The molecule has 0 heterocycles. The lowest BCUT2D eigenvalue weighted by atomic mass is 10.1. The average molecular weight is 306 g/mol. The first kappa shape index (κ1) is 15.2. The van der Waals surface area contributed by atoms with E-state index in [2.05, 4.69) is 4.74 Å². The highest BCUT2D eigenvalue weighted by Gasteiger charge is 2.10. The zero-order valence-electron chi connectivity index (χ0n) is 11.9. The van der Waals surface area contributed by atoms with Crippen molar-refractivity contribution in [3.8, 4) is 11.5 Å². The van der Waals surface area contributed by atoms with E-state index in [0.29, 0.717) is 27.8 Å². The summed E-state index contributed by atoms with van der Waals surface area (Å²) >= 11 is 6.07. The first-order valence-electron chi connectivity index (χ1n) is 6.49. The number of halogens is 1. The van der Waals surface area contributed by atoms with Crippen LogP contribution in [0.2, 0.25) is 5.02 Å². The molecule has 0 fully saturated rings. The second-order valence-electron chi connectivity index (χ2n) is 4.45. The Hall–Kier alpha value is -2.20. The first-order chi connectivity index (χ1) is 10.0. The maximum atomic E-state index is 11.5. The van der Waals surface area contributed by atoms with Crippen LogP contribution in [0.4, 0.5) is 5.69 Å². The number of nitrogens with two attached hydrogens (primary N) is 1. The summed E-state index contributed by atoms with van der Waals surface area (Å²) in [6, 6.07) is 10.1. The Balaban J connectivity index is 2.32. The van der Waals surface area contributed by atoms with Gasteiger partial charge in [-0.05, 0) is 48.4 Å². The molecule has 0 amide bonds. The molecule has 2 rings (SSSR count). The van der Waals surface area contributed by atoms with Crippen molar-refractivity contribution in [3.63, 3.8) is 0 Å². The van der Waals surface area contributed by atoms with Crippen LogP contribution in [0.15, 0.2) is 36.4 Å². The van der Waals surface area contributed by atoms with Crippen molar-refractivity contribution < 1.29 is 14.3 Å². The predicted octanol–water partition coefficient (Wildman–Crippen LogP) is 4.06. The fourth-order valence-corrected chi connectivity index (χ4v) is 2.13. The summed E-state index contributed by atoms with van der Waals surface area (Å²) < 4.78 is 10.4. The van der Waals surface area contributed by atoms with Crippen LogP contribution < -0.4 is 10.5 Å². The fraction of sp³-hybridized carbons (Fsp3) is 0.188. The van der Waals surface area contributed by atoms with Crippen LogP contribution in [0.3, 0.4) is 0 Å². The maximum Gasteiger partial charge on any atom is 0.337 e. The molecule has 110 valence electrons. The standard InChI is InChI=1S/C16H16ClNO3/c1-3-10-8-12(5-6-13(10)17)21-15-9-11(16(19)20-2)4-7-14(15)18/h4-9H,3,18H2,1-2H3. The largest absolute Gasteiger partial charge is 0.465 e. The van der Waals surface area contributed by atoms with Gasteiger partial charge in [-0.1, -0.05) is 18.5 Å². The highest BCUT2D eigenvalue weighted by Crippen LogP contribution is 2.31. The molecule has 4 nitrogen and oxygen atoms in total. The van der Waals surface area contributed by atoms with Gasteiger partial charge in [-0.25, -0.2) is 4.79 Å². The Bertz CT molecular complexity index is 671. The maximum absolute atomic E-state index is 11.5. The number of anilines is 1. The van der Waals surface area contributed by atoms with Gasteiger partial charge in [-0.3, -0.25) is 0 Å². The van der Waals surface area contributed by atoms with E-state index in [0.717, 1.165) is 12.0 Å². The second-order valence-corrected chi connectivity index (χ2v) is 4.86. The van der Waals surface area contributed by atoms with E-state index in [-0.39, 0.29) is 0 Å². The third-order valence-electron chi connectivity index (χ3n) is 3.06. The quantitative estimate of drug-likeness (QED) is 0.683. The molecule has 0 bridgehead atoms. The van der Waals surface area contributed by atoms with Crippen molar-refractivity contribution in [1.29, 1.82) is 0 Å². The Morgan fingerprint density at radius 1 is 1.24 bits per heavy atom. The Labute approximate surface area is 128 Å². The summed E-state index contributed by atoms with van der Waals surface area (Å²) in [7, 11) is 1.33. The molecule has 2 aromatic rings. The van der Waals surface area contributed by atoms with E-state index in [9.17, 15) is 4.79 Å². The highest BCUT2D eigenvalue weighted by molar-refractivity contribution is 6.31. The molecule has 0 atom stereocenters. The molecule has 2 aromatic carbocycles. The molecule has 0 aliphatic heterocycles. The molecular weight excluding hydrogens is 290 g/mol. The number of carbonyl (C=O) groups is 1. The summed E-state index contributed by atoms with van der Waals surface area (Å²) in [5.74, 6) is 0.581. The predicted molar refractivity (Wildman–Crippen MR) is 83.1 cm³/mol. The van der Waals surface area contributed by atoms with Crippen LogP contribution >= 0.6 is 11.6 Å². The van der Waals surface area contributed by atoms with Crippen molar-refractivity contribution >= 4 is 23.3 Å². The normalized spacial score (nSPS) is 10.2. The van der Waals surface area contributed by atoms with E-state index in [1.807, 2.05) is 13.0 Å². The number of methoxy groups -OCH3 is 1. The van der Waals surface area contributed by atoms with Gasteiger partial charge >= 0.3 is 5.97 Å². The Kier molecular flexibility index (Phi) is 4.70. The lowest BCUT2D eigenvalue weighted by molar-refractivity contribution is 0.0600. The van der Waals surface area contributed by atoms with Gasteiger partial charge < -0.3 is 15.2 Å². The summed E-state index contributed by atoms with van der Waals surface area (Å²) in [5, 5.41) is 0.695. The average Bonchev–Trinajstić information content (AvgIpc) is 2.50. The van der Waals surface area contributed by atoms with Crippen LogP contribution in [0.1, 0.15) is 22.8 Å². The van der Waals surface area contributed by atoms with Gasteiger partial charge in [0.2, 0.25) is 0 Å². The van der Waals surface area contributed by atoms with E-state index in [1.165, 1.54) is 7.11 Å². The Morgan fingerprint density at radius 3 is 2.67 bits per heavy atom. The van der Waals surface area contributed by atoms with Crippen molar-refractivity contribution in [2.45, 2.75) is 13.3 Å². The van der Waals surface area contributed by atoms with Crippen molar-refractivity contribution in [1.82, 2.24) is 0 Å². The molecule has 0 spiro atoms. The van der Waals surface area contributed by atoms with E-state index in [1.54, 1.807) is 30.3 Å². The molecular formula is C16H16ClNO3. The fourth-order valence-electron chi connectivity index (χ4n) is 1.88. The van der Waals surface area contributed by atoms with Crippen LogP contribution in [0.5, 0.6) is 11.5 Å². The summed E-state index contributed by atoms with van der Waals surface area (Å²) in [6.07, 6.45) is 0.799. The van der Waals surface area contributed by atoms with Crippen molar-refractivity contribution in [3.05, 3.63) is 52.5 Å². The minimum absolute atomic E-state index is 0.381. The molecule has 0 unspecified atom stereocenters. The van der Waals surface area contributed by atoms with Gasteiger partial charge in [0, 0.05) is 5.02 Å². The summed E-state index contributed by atoms with van der Waals surface area (Å²) in [5.41, 5.74) is 7.68. The van der Waals surface area contributed by atoms with Crippen LogP contribution in [-0.2, 0) is 11.2 Å². The number of carbonyl (C=O) groups excluding carboxylic acids is 1. The molecule has 5 heteroatoms. The highest BCUT2D eigenvalue weighted by atomic mass is 35.5. The van der Waals surface area contributed by atoms with Gasteiger partial charge in [-0.2, -0.15) is 0 Å². The lowest BCUT2D eigenvalue weighted by Crippen LogP contribution is -2.02. The topological polar surface area (TPSA) is 61.5 Å². The zero-order chi connectivity index (χ0) is 15.4. The molecule has 0 aliphatic carbocycles. The van der Waals surface area contributed by atoms with E-state index in [4.69, 9.17) is 22.1 Å². The van der Waals surface area contributed by atoms with Crippen LogP contribution in [0, 0.1) is 0 Å². The number of aryl methyl sites for hydroxylation is 1. The lowest BCUT2D eigenvalue weighted by Gasteiger charge is -2.11. The number of hydrogen-bond acceptors (Lipinski definition) is 4. The SMILES string of the molecule is CCc1cc(Oc2cc(C(=O)OC)ccc2N)ccc1Cl. The molecule has 21 heavy (non-hydrogen) atoms. The molecule has 0 saturated carbocycles. The van der Waals surface area contributed by atoms with Gasteiger partial charge in [0.1, 0.15) is 5.75 Å². The van der Waals surface area contributed by atoms with Crippen molar-refractivity contribution in [2.24, 2.45) is 0 Å². The summed E-state index contributed by atoms with van der Waals surface area (Å²) in [6.45, 7) is 2.01. The first-order valence-corrected chi connectivity index (χ1v) is 6.87. The van der Waals surface area contributed by atoms with E-state index >= 15 is 0 Å². The summed E-state index contributed by atoms with van der Waals surface area (Å²) in [4.78, 5) is 11.5. The van der Waals surface area contributed by atoms with Gasteiger partial charge in [0.25, 0.3) is 0 Å². The number of ether oxygens (including phenoxy) is 2. The second kappa shape index (κ2) is 6.50.